The second-order valence-corrected chi connectivity index (χ2v) is 9.48. The summed E-state index contributed by atoms with van der Waals surface area (Å²) in [7, 11) is 0. The number of hydrogen-bond acceptors (Lipinski definition) is 4. The molecule has 2 aliphatic heterocycles. The maximum atomic E-state index is 12.1. The molecule has 1 unspecified atom stereocenters. The van der Waals surface area contributed by atoms with Crippen molar-refractivity contribution in [2.24, 2.45) is 4.99 Å². The number of ether oxygens (including phenoxy) is 1. The number of amides is 2. The molecule has 2 N–H and O–H groups in total. The fourth-order valence-corrected chi connectivity index (χ4v) is 3.98. The number of nitrogens with zero attached hydrogens (tertiary/aromatic N) is 3. The summed E-state index contributed by atoms with van der Waals surface area (Å²) < 4.78 is 5.37. The van der Waals surface area contributed by atoms with Gasteiger partial charge in [-0.15, -0.1) is 24.0 Å². The van der Waals surface area contributed by atoms with Gasteiger partial charge in [-0.05, 0) is 51.7 Å². The highest BCUT2D eigenvalue weighted by atomic mass is 127. The first-order valence-corrected chi connectivity index (χ1v) is 11.6. The van der Waals surface area contributed by atoms with Crippen LogP contribution in [0.5, 0.6) is 0 Å². The fourth-order valence-electron chi connectivity index (χ4n) is 3.98. The van der Waals surface area contributed by atoms with E-state index in [1.54, 1.807) is 0 Å². The van der Waals surface area contributed by atoms with Crippen LogP contribution in [0.2, 0.25) is 0 Å². The quantitative estimate of drug-likeness (QED) is 0.310. The Morgan fingerprint density at radius 3 is 2.48 bits per heavy atom. The average molecular weight is 572 g/mol. The average Bonchev–Trinajstić information content (AvgIpc) is 3.34. The van der Waals surface area contributed by atoms with Crippen molar-refractivity contribution in [2.45, 2.75) is 71.7 Å². The molecule has 2 heterocycles. The predicted molar refractivity (Wildman–Crippen MR) is 141 cm³/mol. The topological polar surface area (TPSA) is 86.3 Å². The lowest BCUT2D eigenvalue weighted by atomic mass is 10.1. The first kappa shape index (κ1) is 27.2. The van der Waals surface area contributed by atoms with Crippen LogP contribution < -0.4 is 10.6 Å². The smallest absolute Gasteiger partial charge is 0.407 e. The third kappa shape index (κ3) is 8.68. The van der Waals surface area contributed by atoms with E-state index in [0.717, 1.165) is 49.6 Å². The third-order valence-corrected chi connectivity index (χ3v) is 5.52. The van der Waals surface area contributed by atoms with Crippen molar-refractivity contribution in [2.75, 3.05) is 26.2 Å². The van der Waals surface area contributed by atoms with Gasteiger partial charge in [0.1, 0.15) is 5.60 Å². The molecule has 1 atom stereocenters. The first-order valence-electron chi connectivity index (χ1n) is 11.6. The number of likely N-dealkylation sites (tertiary alicyclic amines) is 2. The van der Waals surface area contributed by atoms with Crippen LogP contribution in [-0.2, 0) is 22.6 Å². The van der Waals surface area contributed by atoms with E-state index in [9.17, 15) is 9.59 Å². The van der Waals surface area contributed by atoms with Gasteiger partial charge in [0.05, 0.1) is 12.6 Å². The van der Waals surface area contributed by atoms with Gasteiger partial charge in [-0.2, -0.15) is 0 Å². The van der Waals surface area contributed by atoms with Crippen molar-refractivity contribution in [1.82, 2.24) is 20.4 Å². The number of hydrogen-bond donors (Lipinski definition) is 2. The van der Waals surface area contributed by atoms with Gasteiger partial charge in [0.15, 0.2) is 5.96 Å². The molecule has 2 aliphatic rings. The third-order valence-electron chi connectivity index (χ3n) is 5.52. The normalized spacial score (nSPS) is 18.8. The van der Waals surface area contributed by atoms with Crippen LogP contribution in [0, 0.1) is 0 Å². The molecule has 0 aromatic heterocycles. The summed E-state index contributed by atoms with van der Waals surface area (Å²) in [5.74, 6) is 1.10. The molecule has 2 fully saturated rings. The zero-order chi connectivity index (χ0) is 23.1. The Kier molecular flexibility index (Phi) is 10.2. The van der Waals surface area contributed by atoms with Crippen LogP contribution >= 0.6 is 24.0 Å². The van der Waals surface area contributed by atoms with E-state index < -0.39 is 5.60 Å². The summed E-state index contributed by atoms with van der Waals surface area (Å²) >= 11 is 0. The van der Waals surface area contributed by atoms with Gasteiger partial charge in [-0.1, -0.05) is 24.3 Å². The predicted octanol–water partition coefficient (Wildman–Crippen LogP) is 3.49. The van der Waals surface area contributed by atoms with Crippen molar-refractivity contribution in [1.29, 1.82) is 0 Å². The highest BCUT2D eigenvalue weighted by molar-refractivity contribution is 14.0. The largest absolute Gasteiger partial charge is 0.444 e. The second kappa shape index (κ2) is 12.4. The van der Waals surface area contributed by atoms with Crippen LogP contribution in [0.15, 0.2) is 29.3 Å². The van der Waals surface area contributed by atoms with Gasteiger partial charge in [0.2, 0.25) is 5.91 Å². The van der Waals surface area contributed by atoms with E-state index in [0.29, 0.717) is 26.1 Å². The maximum absolute atomic E-state index is 12.1. The Morgan fingerprint density at radius 2 is 1.88 bits per heavy atom. The molecular formula is C24H38IN5O3. The number of rotatable bonds is 6. The van der Waals surface area contributed by atoms with Gasteiger partial charge in [0.25, 0.3) is 0 Å². The summed E-state index contributed by atoms with van der Waals surface area (Å²) in [5, 5.41) is 6.32. The van der Waals surface area contributed by atoms with Crippen LogP contribution in [0.4, 0.5) is 4.79 Å². The van der Waals surface area contributed by atoms with Gasteiger partial charge in [-0.25, -0.2) is 9.79 Å². The Labute approximate surface area is 214 Å². The van der Waals surface area contributed by atoms with Crippen molar-refractivity contribution >= 4 is 41.9 Å². The molecule has 8 nitrogen and oxygen atoms in total. The van der Waals surface area contributed by atoms with Crippen LogP contribution in [0.3, 0.4) is 0 Å². The molecule has 1 aromatic rings. The summed E-state index contributed by atoms with van der Waals surface area (Å²) in [6.45, 7) is 12.1. The van der Waals surface area contributed by atoms with Gasteiger partial charge in [-0.3, -0.25) is 4.79 Å². The van der Waals surface area contributed by atoms with Crippen LogP contribution in [0.1, 0.15) is 58.1 Å². The van der Waals surface area contributed by atoms with Crippen LogP contribution in [-0.4, -0.2) is 65.6 Å². The number of carbonyl (C=O) groups excluding carboxylic acids is 2. The zero-order valence-corrected chi connectivity index (χ0v) is 22.6. The van der Waals surface area contributed by atoms with Crippen molar-refractivity contribution < 1.29 is 14.3 Å². The first-order chi connectivity index (χ1) is 15.2. The number of guanidine groups is 1. The standard InChI is InChI=1S/C24H37N5O3.HI/c1-5-25-22(29-14-12-20(17-29)27-23(31)32-24(2,3)4)26-15-18-8-10-19(11-9-18)16-28-13-6-7-21(28)30;/h8-11,20H,5-7,12-17H2,1-4H3,(H,25,26)(H,27,31);1H. The van der Waals surface area contributed by atoms with E-state index in [4.69, 9.17) is 9.73 Å². The zero-order valence-electron chi connectivity index (χ0n) is 20.2. The molecular weight excluding hydrogens is 533 g/mol. The molecule has 33 heavy (non-hydrogen) atoms. The summed E-state index contributed by atoms with van der Waals surface area (Å²) in [4.78, 5) is 32.8. The van der Waals surface area contributed by atoms with E-state index in [-0.39, 0.29) is 42.0 Å². The SMILES string of the molecule is CCNC(=NCc1ccc(CN2CCCC2=O)cc1)N1CCC(NC(=O)OC(C)(C)C)C1.I. The van der Waals surface area contributed by atoms with Gasteiger partial charge < -0.3 is 25.2 Å². The molecule has 3 rings (SSSR count). The number of carbonyl (C=O) groups is 2. The molecule has 0 saturated carbocycles. The second-order valence-electron chi connectivity index (χ2n) is 9.48. The molecule has 0 radical (unpaired) electrons. The van der Waals surface area contributed by atoms with Crippen LogP contribution in [0.25, 0.3) is 0 Å². The minimum absolute atomic E-state index is 0. The minimum atomic E-state index is -0.502. The lowest BCUT2D eigenvalue weighted by Crippen LogP contribution is -2.44. The fraction of sp³-hybridized carbons (Fsp3) is 0.625. The lowest BCUT2D eigenvalue weighted by Gasteiger charge is -2.23. The van der Waals surface area contributed by atoms with Crippen molar-refractivity contribution in [3.8, 4) is 0 Å². The number of nitrogens with one attached hydrogen (secondary N) is 2. The Balaban J connectivity index is 0.00000385. The van der Waals surface area contributed by atoms with E-state index >= 15 is 0 Å². The van der Waals surface area contributed by atoms with Gasteiger partial charge in [0, 0.05) is 39.1 Å². The van der Waals surface area contributed by atoms with Gasteiger partial charge >= 0.3 is 6.09 Å². The minimum Gasteiger partial charge on any atom is -0.444 e. The molecule has 0 aliphatic carbocycles. The lowest BCUT2D eigenvalue weighted by molar-refractivity contribution is -0.128. The van der Waals surface area contributed by atoms with E-state index in [2.05, 4.69) is 46.7 Å². The van der Waals surface area contributed by atoms with E-state index in [1.807, 2.05) is 25.7 Å². The number of aliphatic imine (C=N–C) groups is 1. The highest BCUT2D eigenvalue weighted by Gasteiger charge is 2.28. The molecule has 2 saturated heterocycles. The molecule has 184 valence electrons. The molecule has 0 spiro atoms. The summed E-state index contributed by atoms with van der Waals surface area (Å²) in [5.41, 5.74) is 1.77. The number of halogens is 1. The number of alkyl carbamates (subject to hydrolysis) is 1. The summed E-state index contributed by atoms with van der Waals surface area (Å²) in [6, 6.07) is 8.38. The Hall–Kier alpha value is -2.04. The Morgan fingerprint density at radius 1 is 1.18 bits per heavy atom. The maximum Gasteiger partial charge on any atom is 0.407 e. The highest BCUT2D eigenvalue weighted by Crippen LogP contribution is 2.16. The molecule has 0 bridgehead atoms. The summed E-state index contributed by atoms with van der Waals surface area (Å²) in [6.07, 6.45) is 2.11. The molecule has 9 heteroatoms. The number of benzene rings is 1. The molecule has 2 amide bonds. The van der Waals surface area contributed by atoms with E-state index in [1.165, 1.54) is 0 Å². The van der Waals surface area contributed by atoms with Crippen molar-refractivity contribution in [3.63, 3.8) is 0 Å². The van der Waals surface area contributed by atoms with Crippen molar-refractivity contribution in [3.05, 3.63) is 35.4 Å². The molecule has 1 aromatic carbocycles. The Bertz CT molecular complexity index is 822. The monoisotopic (exact) mass is 571 g/mol.